The molecule has 0 unspecified atom stereocenters. The average Bonchev–Trinajstić information content (AvgIpc) is 2.85. The van der Waals surface area contributed by atoms with Crippen molar-refractivity contribution in [2.45, 2.75) is 12.7 Å². The van der Waals surface area contributed by atoms with Crippen LogP contribution in [0.25, 0.3) is 0 Å². The molecule has 2 heterocycles. The van der Waals surface area contributed by atoms with Crippen molar-refractivity contribution in [2.24, 2.45) is 0 Å². The van der Waals surface area contributed by atoms with Crippen LogP contribution in [0, 0.1) is 0 Å². The van der Waals surface area contributed by atoms with Gasteiger partial charge in [0.2, 0.25) is 0 Å². The van der Waals surface area contributed by atoms with Crippen molar-refractivity contribution in [2.75, 3.05) is 0 Å². The summed E-state index contributed by atoms with van der Waals surface area (Å²) in [5, 5.41) is 12.1. The second-order valence-electron chi connectivity index (χ2n) is 3.54. The summed E-state index contributed by atoms with van der Waals surface area (Å²) >= 11 is 0. The van der Waals surface area contributed by atoms with Crippen molar-refractivity contribution in [3.8, 4) is 0 Å². The SMILES string of the molecule is O=C(O)c1cn(Cc2ccno2)cc1C(F)(F)F. The van der Waals surface area contributed by atoms with Crippen LogP contribution in [0.3, 0.4) is 0 Å². The predicted octanol–water partition coefficient (Wildman–Crippen LogP) is 2.24. The fourth-order valence-corrected chi connectivity index (χ4v) is 1.50. The Balaban J connectivity index is 2.37. The third-order valence-corrected chi connectivity index (χ3v) is 2.25. The first kappa shape index (κ1) is 12.2. The molecule has 0 aromatic carbocycles. The van der Waals surface area contributed by atoms with Gasteiger partial charge in [0.25, 0.3) is 0 Å². The number of nitrogens with zero attached hydrogens (tertiary/aromatic N) is 2. The van der Waals surface area contributed by atoms with Gasteiger partial charge in [-0.25, -0.2) is 4.79 Å². The van der Waals surface area contributed by atoms with Crippen LogP contribution in [0.15, 0.2) is 29.2 Å². The zero-order valence-electron chi connectivity index (χ0n) is 8.81. The molecule has 0 radical (unpaired) electrons. The van der Waals surface area contributed by atoms with Crippen LogP contribution in [0.1, 0.15) is 21.7 Å². The lowest BCUT2D eigenvalue weighted by Crippen LogP contribution is -2.09. The van der Waals surface area contributed by atoms with Gasteiger partial charge in [0, 0.05) is 18.5 Å². The summed E-state index contributed by atoms with van der Waals surface area (Å²) in [6.45, 7) is -0.0175. The number of hydrogen-bond acceptors (Lipinski definition) is 3. The minimum Gasteiger partial charge on any atom is -0.478 e. The number of carboxylic acids is 1. The molecule has 5 nitrogen and oxygen atoms in total. The van der Waals surface area contributed by atoms with Gasteiger partial charge >= 0.3 is 12.1 Å². The molecule has 0 spiro atoms. The van der Waals surface area contributed by atoms with Crippen LogP contribution < -0.4 is 0 Å². The van der Waals surface area contributed by atoms with E-state index in [4.69, 9.17) is 9.63 Å². The van der Waals surface area contributed by atoms with Crippen LogP contribution >= 0.6 is 0 Å². The Morgan fingerprint density at radius 2 is 2.17 bits per heavy atom. The summed E-state index contributed by atoms with van der Waals surface area (Å²) in [5.41, 5.74) is -1.98. The second kappa shape index (κ2) is 4.21. The first-order chi connectivity index (χ1) is 8.38. The van der Waals surface area contributed by atoms with Gasteiger partial charge in [-0.15, -0.1) is 0 Å². The molecule has 0 fully saturated rings. The smallest absolute Gasteiger partial charge is 0.418 e. The predicted molar refractivity (Wildman–Crippen MR) is 52.0 cm³/mol. The number of alkyl halides is 3. The monoisotopic (exact) mass is 260 g/mol. The molecule has 0 aliphatic heterocycles. The number of hydrogen-bond donors (Lipinski definition) is 1. The highest BCUT2D eigenvalue weighted by molar-refractivity contribution is 5.89. The van der Waals surface area contributed by atoms with Crippen molar-refractivity contribution in [3.63, 3.8) is 0 Å². The first-order valence-electron chi connectivity index (χ1n) is 4.78. The summed E-state index contributed by atoms with van der Waals surface area (Å²) < 4.78 is 43.6. The molecule has 0 saturated carbocycles. The standard InChI is InChI=1S/C10H7F3N2O3/c11-10(12,13)8-5-15(4-7(8)9(16)17)3-6-1-2-14-18-6/h1-2,4-5H,3H2,(H,16,17). The Morgan fingerprint density at radius 1 is 1.44 bits per heavy atom. The largest absolute Gasteiger partial charge is 0.478 e. The molecule has 8 heteroatoms. The van der Waals surface area contributed by atoms with Gasteiger partial charge in [-0.05, 0) is 0 Å². The summed E-state index contributed by atoms with van der Waals surface area (Å²) in [6, 6.07) is 1.48. The van der Waals surface area contributed by atoms with Crippen LogP contribution in [0.4, 0.5) is 13.2 Å². The van der Waals surface area contributed by atoms with Crippen LogP contribution in [0.5, 0.6) is 0 Å². The molecule has 0 aliphatic carbocycles. The number of rotatable bonds is 3. The van der Waals surface area contributed by atoms with Crippen molar-refractivity contribution in [1.82, 2.24) is 9.72 Å². The number of carbonyl (C=O) groups is 1. The lowest BCUT2D eigenvalue weighted by Gasteiger charge is -2.04. The van der Waals surface area contributed by atoms with Gasteiger partial charge in [-0.2, -0.15) is 13.2 Å². The third-order valence-electron chi connectivity index (χ3n) is 2.25. The Morgan fingerprint density at radius 3 is 2.61 bits per heavy atom. The molecule has 0 aliphatic rings. The van der Waals surface area contributed by atoms with E-state index in [0.717, 1.165) is 17.0 Å². The fraction of sp³-hybridized carbons (Fsp3) is 0.200. The second-order valence-corrected chi connectivity index (χ2v) is 3.54. The van der Waals surface area contributed by atoms with E-state index in [1.807, 2.05) is 0 Å². The van der Waals surface area contributed by atoms with Gasteiger partial charge in [-0.3, -0.25) is 0 Å². The van der Waals surface area contributed by atoms with Crippen LogP contribution in [-0.2, 0) is 12.7 Å². The van der Waals surface area contributed by atoms with E-state index in [2.05, 4.69) is 5.16 Å². The lowest BCUT2D eigenvalue weighted by atomic mass is 10.2. The minimum atomic E-state index is -4.71. The molecule has 0 saturated heterocycles. The highest BCUT2D eigenvalue weighted by Gasteiger charge is 2.37. The van der Waals surface area contributed by atoms with E-state index in [9.17, 15) is 18.0 Å². The minimum absolute atomic E-state index is 0.0175. The molecule has 0 amide bonds. The molecule has 2 aromatic heterocycles. The number of aromatic carboxylic acids is 1. The zero-order valence-corrected chi connectivity index (χ0v) is 8.81. The van der Waals surface area contributed by atoms with Gasteiger partial charge < -0.3 is 14.2 Å². The van der Waals surface area contributed by atoms with Gasteiger partial charge in [-0.1, -0.05) is 5.16 Å². The Labute approximate surface area is 98.4 Å². The Kier molecular flexibility index (Phi) is 2.85. The maximum Gasteiger partial charge on any atom is 0.418 e. The molecule has 0 bridgehead atoms. The van der Waals surface area contributed by atoms with E-state index >= 15 is 0 Å². The molecule has 96 valence electrons. The molecule has 0 atom stereocenters. The first-order valence-corrected chi connectivity index (χ1v) is 4.78. The van der Waals surface area contributed by atoms with Crippen LogP contribution in [0.2, 0.25) is 0 Å². The maximum absolute atomic E-state index is 12.6. The number of carboxylic acid groups (broad SMARTS) is 1. The maximum atomic E-state index is 12.6. The summed E-state index contributed by atoms with van der Waals surface area (Å²) in [6.07, 6.45) is -1.72. The molecular weight excluding hydrogens is 253 g/mol. The van der Waals surface area contributed by atoms with Crippen molar-refractivity contribution in [1.29, 1.82) is 0 Å². The van der Waals surface area contributed by atoms with Gasteiger partial charge in [0.1, 0.15) is 0 Å². The van der Waals surface area contributed by atoms with E-state index in [1.165, 1.54) is 12.3 Å². The highest BCUT2D eigenvalue weighted by Crippen LogP contribution is 2.32. The van der Waals surface area contributed by atoms with E-state index < -0.39 is 23.3 Å². The van der Waals surface area contributed by atoms with Gasteiger partial charge in [0.15, 0.2) is 5.76 Å². The van der Waals surface area contributed by atoms with Crippen molar-refractivity contribution < 1.29 is 27.6 Å². The van der Waals surface area contributed by atoms with Crippen molar-refractivity contribution in [3.05, 3.63) is 41.5 Å². The molecular formula is C10H7F3N2O3. The highest BCUT2D eigenvalue weighted by atomic mass is 19.4. The van der Waals surface area contributed by atoms with Crippen molar-refractivity contribution >= 4 is 5.97 Å². The fourth-order valence-electron chi connectivity index (χ4n) is 1.50. The van der Waals surface area contributed by atoms with E-state index in [-0.39, 0.29) is 6.54 Å². The number of aromatic nitrogens is 2. The average molecular weight is 260 g/mol. The van der Waals surface area contributed by atoms with E-state index in [1.54, 1.807) is 0 Å². The summed E-state index contributed by atoms with van der Waals surface area (Å²) in [5.74, 6) is -1.30. The summed E-state index contributed by atoms with van der Waals surface area (Å²) in [4.78, 5) is 10.7. The Hall–Kier alpha value is -2.25. The zero-order chi connectivity index (χ0) is 13.3. The van der Waals surface area contributed by atoms with E-state index in [0.29, 0.717) is 5.76 Å². The summed E-state index contributed by atoms with van der Waals surface area (Å²) in [7, 11) is 0. The lowest BCUT2D eigenvalue weighted by molar-refractivity contribution is -0.138. The third kappa shape index (κ3) is 2.36. The molecule has 2 aromatic rings. The molecule has 2 rings (SSSR count). The normalized spacial score (nSPS) is 11.7. The quantitative estimate of drug-likeness (QED) is 0.918. The topological polar surface area (TPSA) is 68.3 Å². The van der Waals surface area contributed by atoms with Gasteiger partial charge in [0.05, 0.1) is 23.9 Å². The molecule has 18 heavy (non-hydrogen) atoms. The number of halogens is 3. The Bertz CT molecular complexity index is 557. The van der Waals surface area contributed by atoms with Crippen LogP contribution in [-0.4, -0.2) is 20.8 Å². The molecule has 1 N–H and O–H groups in total.